The number of nitrogens with zero attached hydrogens (tertiary/aromatic N) is 2. The number of thiocarbonyl (C=S) groups is 1. The van der Waals surface area contributed by atoms with Gasteiger partial charge in [-0.25, -0.2) is 4.79 Å². The molecule has 0 heterocycles. The number of aliphatic imine (C=N–C) groups is 2. The number of isocyanates is 1. The SMILES string of the molecule is O=C=Nc1ccccc1N=C=S. The maximum Gasteiger partial charge on any atom is 0.240 e. The van der Waals surface area contributed by atoms with E-state index in [0.717, 1.165) is 0 Å². The standard InChI is InChI=1S/C8H4N2OS/c11-5-9-7-3-1-2-4-8(7)10-6-12/h1-4H. The van der Waals surface area contributed by atoms with E-state index in [1.807, 2.05) is 0 Å². The van der Waals surface area contributed by atoms with Crippen molar-refractivity contribution < 1.29 is 4.79 Å². The molecule has 1 rings (SSSR count). The lowest BCUT2D eigenvalue weighted by atomic mass is 10.3. The van der Waals surface area contributed by atoms with E-state index in [1.54, 1.807) is 24.3 Å². The van der Waals surface area contributed by atoms with Crippen LogP contribution in [0, 0.1) is 0 Å². The minimum Gasteiger partial charge on any atom is -0.211 e. The summed E-state index contributed by atoms with van der Waals surface area (Å²) < 4.78 is 0. The summed E-state index contributed by atoms with van der Waals surface area (Å²) in [6, 6.07) is 6.86. The lowest BCUT2D eigenvalue weighted by molar-refractivity contribution is 0.565. The maximum atomic E-state index is 9.95. The summed E-state index contributed by atoms with van der Waals surface area (Å²) >= 11 is 4.42. The first-order chi connectivity index (χ1) is 5.88. The van der Waals surface area contributed by atoms with Crippen LogP contribution in [0.4, 0.5) is 11.4 Å². The quantitative estimate of drug-likeness (QED) is 0.394. The molecule has 0 aliphatic carbocycles. The third-order valence-electron chi connectivity index (χ3n) is 1.21. The van der Waals surface area contributed by atoms with Crippen molar-refractivity contribution in [2.45, 2.75) is 0 Å². The molecule has 0 aliphatic heterocycles. The van der Waals surface area contributed by atoms with Gasteiger partial charge in [0.1, 0.15) is 11.4 Å². The van der Waals surface area contributed by atoms with E-state index in [4.69, 9.17) is 0 Å². The van der Waals surface area contributed by atoms with Gasteiger partial charge in [0.05, 0.1) is 5.16 Å². The number of hydrogen-bond donors (Lipinski definition) is 0. The normalized spacial score (nSPS) is 8.00. The number of para-hydroxylation sites is 2. The van der Waals surface area contributed by atoms with Crippen molar-refractivity contribution in [3.05, 3.63) is 24.3 Å². The van der Waals surface area contributed by atoms with Crippen LogP contribution in [0.25, 0.3) is 0 Å². The van der Waals surface area contributed by atoms with Crippen molar-refractivity contribution in [1.29, 1.82) is 0 Å². The second kappa shape index (κ2) is 4.31. The molecular formula is C8H4N2OS. The Labute approximate surface area is 74.5 Å². The minimum atomic E-state index is 0.449. The molecule has 0 N–H and O–H groups in total. The average molecular weight is 176 g/mol. The van der Waals surface area contributed by atoms with Crippen molar-refractivity contribution >= 4 is 34.8 Å². The Balaban J connectivity index is 3.25. The van der Waals surface area contributed by atoms with Gasteiger partial charge in [0.15, 0.2) is 0 Å². The van der Waals surface area contributed by atoms with Crippen molar-refractivity contribution in [3.8, 4) is 0 Å². The van der Waals surface area contributed by atoms with Crippen LogP contribution in [0.1, 0.15) is 0 Å². The molecule has 0 unspecified atom stereocenters. The Kier molecular flexibility index (Phi) is 3.05. The van der Waals surface area contributed by atoms with Gasteiger partial charge in [-0.15, -0.1) is 0 Å². The van der Waals surface area contributed by atoms with E-state index in [-0.39, 0.29) is 0 Å². The Hall–Kier alpha value is -1.60. The lowest BCUT2D eigenvalue weighted by Gasteiger charge is -1.92. The van der Waals surface area contributed by atoms with Gasteiger partial charge in [0.2, 0.25) is 6.08 Å². The van der Waals surface area contributed by atoms with Gasteiger partial charge in [-0.05, 0) is 24.4 Å². The van der Waals surface area contributed by atoms with Gasteiger partial charge in [-0.1, -0.05) is 12.1 Å². The predicted molar refractivity (Wildman–Crippen MR) is 48.9 cm³/mol. The summed E-state index contributed by atoms with van der Waals surface area (Å²) in [6.07, 6.45) is 1.44. The first-order valence-electron chi connectivity index (χ1n) is 3.13. The van der Waals surface area contributed by atoms with Gasteiger partial charge >= 0.3 is 0 Å². The van der Waals surface area contributed by atoms with Gasteiger partial charge in [0, 0.05) is 0 Å². The number of rotatable bonds is 2. The molecule has 0 bridgehead atoms. The molecule has 1 aromatic carbocycles. The molecule has 3 nitrogen and oxygen atoms in total. The zero-order chi connectivity index (χ0) is 8.81. The molecule has 0 spiro atoms. The number of isothiocyanates is 1. The van der Waals surface area contributed by atoms with Crippen LogP contribution < -0.4 is 0 Å². The van der Waals surface area contributed by atoms with Crippen LogP contribution in [0.15, 0.2) is 34.3 Å². The molecule has 0 radical (unpaired) electrons. The van der Waals surface area contributed by atoms with Gasteiger partial charge in [-0.2, -0.15) is 9.98 Å². The van der Waals surface area contributed by atoms with Gasteiger partial charge < -0.3 is 0 Å². The molecule has 0 atom stereocenters. The Bertz CT molecular complexity index is 339. The third kappa shape index (κ3) is 1.94. The van der Waals surface area contributed by atoms with Crippen LogP contribution in [-0.2, 0) is 4.79 Å². The van der Waals surface area contributed by atoms with E-state index >= 15 is 0 Å². The van der Waals surface area contributed by atoms with E-state index in [9.17, 15) is 4.79 Å². The smallest absolute Gasteiger partial charge is 0.211 e. The third-order valence-corrected chi connectivity index (χ3v) is 1.31. The van der Waals surface area contributed by atoms with Crippen molar-refractivity contribution in [3.63, 3.8) is 0 Å². The second-order valence-electron chi connectivity index (χ2n) is 1.89. The molecule has 1 aromatic rings. The van der Waals surface area contributed by atoms with Crippen molar-refractivity contribution in [2.75, 3.05) is 0 Å². The van der Waals surface area contributed by atoms with E-state index in [2.05, 4.69) is 27.4 Å². The molecule has 0 amide bonds. The second-order valence-corrected chi connectivity index (χ2v) is 2.08. The zero-order valence-electron chi connectivity index (χ0n) is 6.02. The minimum absolute atomic E-state index is 0.449. The van der Waals surface area contributed by atoms with Crippen LogP contribution in [0.3, 0.4) is 0 Å². The first-order valence-corrected chi connectivity index (χ1v) is 3.54. The monoisotopic (exact) mass is 176 g/mol. The fourth-order valence-corrected chi connectivity index (χ4v) is 0.850. The highest BCUT2D eigenvalue weighted by molar-refractivity contribution is 7.78. The van der Waals surface area contributed by atoms with Gasteiger partial charge in [0.25, 0.3) is 0 Å². The summed E-state index contributed by atoms with van der Waals surface area (Å²) in [6.45, 7) is 0. The first kappa shape index (κ1) is 8.50. The molecule has 0 saturated heterocycles. The zero-order valence-corrected chi connectivity index (χ0v) is 6.84. The summed E-state index contributed by atoms with van der Waals surface area (Å²) in [4.78, 5) is 17.1. The van der Waals surface area contributed by atoms with Crippen molar-refractivity contribution in [2.24, 2.45) is 9.98 Å². The predicted octanol–water partition coefficient (Wildman–Crippen LogP) is 2.39. The highest BCUT2D eigenvalue weighted by atomic mass is 32.1. The van der Waals surface area contributed by atoms with E-state index in [1.165, 1.54) is 6.08 Å². The number of carbonyl (C=O) groups excluding carboxylic acids is 1. The molecular weight excluding hydrogens is 172 g/mol. The van der Waals surface area contributed by atoms with Crippen LogP contribution in [0.2, 0.25) is 0 Å². The number of benzene rings is 1. The largest absolute Gasteiger partial charge is 0.240 e. The molecule has 0 fully saturated rings. The fraction of sp³-hybridized carbons (Fsp3) is 0. The van der Waals surface area contributed by atoms with Crippen molar-refractivity contribution in [1.82, 2.24) is 0 Å². The van der Waals surface area contributed by atoms with Gasteiger partial charge in [-0.3, -0.25) is 0 Å². The topological polar surface area (TPSA) is 41.8 Å². The Morgan fingerprint density at radius 3 is 2.25 bits per heavy atom. The molecule has 0 aromatic heterocycles. The molecule has 0 saturated carbocycles. The molecule has 58 valence electrons. The molecule has 0 aliphatic rings. The molecule has 12 heavy (non-hydrogen) atoms. The average Bonchev–Trinajstić information content (AvgIpc) is 2.09. The van der Waals surface area contributed by atoms with E-state index in [0.29, 0.717) is 11.4 Å². The highest BCUT2D eigenvalue weighted by Gasteiger charge is 1.95. The summed E-state index contributed by atoms with van der Waals surface area (Å²) in [5.74, 6) is 0. The van der Waals surface area contributed by atoms with Crippen LogP contribution in [0.5, 0.6) is 0 Å². The Morgan fingerprint density at radius 2 is 1.75 bits per heavy atom. The molecule has 4 heteroatoms. The van der Waals surface area contributed by atoms with E-state index < -0.39 is 0 Å². The summed E-state index contributed by atoms with van der Waals surface area (Å²) in [5, 5.41) is 2.20. The summed E-state index contributed by atoms with van der Waals surface area (Å²) in [7, 11) is 0. The Morgan fingerprint density at radius 1 is 1.17 bits per heavy atom. The lowest BCUT2D eigenvalue weighted by Crippen LogP contribution is -1.66. The fourth-order valence-electron chi connectivity index (χ4n) is 0.752. The maximum absolute atomic E-state index is 9.95. The van der Waals surface area contributed by atoms with Crippen LogP contribution >= 0.6 is 12.2 Å². The highest BCUT2D eigenvalue weighted by Crippen LogP contribution is 2.25. The summed E-state index contributed by atoms with van der Waals surface area (Å²) in [5.41, 5.74) is 0.973. The van der Waals surface area contributed by atoms with Crippen LogP contribution in [-0.4, -0.2) is 11.2 Å². The number of hydrogen-bond acceptors (Lipinski definition) is 4.